The summed E-state index contributed by atoms with van der Waals surface area (Å²) in [4.78, 5) is 11.8. The monoisotopic (exact) mass is 322 g/mol. The van der Waals surface area contributed by atoms with Crippen molar-refractivity contribution in [3.05, 3.63) is 28.3 Å². The second kappa shape index (κ2) is 5.31. The molecule has 0 amide bonds. The van der Waals surface area contributed by atoms with Gasteiger partial charge in [-0.15, -0.1) is 0 Å². The third kappa shape index (κ3) is 3.22. The zero-order valence-electron chi connectivity index (χ0n) is 10.2. The number of ether oxygens (including phenoxy) is 1. The first-order valence-corrected chi connectivity index (χ1v) is 8.43. The van der Waals surface area contributed by atoms with Crippen molar-refractivity contribution in [2.24, 2.45) is 0 Å². The van der Waals surface area contributed by atoms with E-state index in [1.165, 1.54) is 12.1 Å². The van der Waals surface area contributed by atoms with Crippen LogP contribution < -0.4 is 0 Å². The van der Waals surface area contributed by atoms with Gasteiger partial charge in [-0.1, -0.05) is 11.6 Å². The Morgan fingerprint density at radius 1 is 1.37 bits per heavy atom. The van der Waals surface area contributed by atoms with Gasteiger partial charge in [0.1, 0.15) is 6.10 Å². The number of halogens is 2. The average molecular weight is 323 g/mol. The Balaban J connectivity index is 2.37. The Morgan fingerprint density at radius 2 is 2.00 bits per heavy atom. The summed E-state index contributed by atoms with van der Waals surface area (Å²) in [5.41, 5.74) is 0.619. The summed E-state index contributed by atoms with van der Waals surface area (Å²) >= 11 is 5.92. The molecule has 0 saturated heterocycles. The molecule has 1 aliphatic rings. The maximum absolute atomic E-state index is 12.0. The fourth-order valence-electron chi connectivity index (χ4n) is 1.71. The molecule has 0 unspecified atom stereocenters. The highest BCUT2D eigenvalue weighted by Crippen LogP contribution is 2.29. The van der Waals surface area contributed by atoms with Crippen molar-refractivity contribution in [3.63, 3.8) is 0 Å². The zero-order valence-corrected chi connectivity index (χ0v) is 12.5. The summed E-state index contributed by atoms with van der Waals surface area (Å²) in [7, 11) is 1.33. The quantitative estimate of drug-likeness (QED) is 0.633. The minimum atomic E-state index is -3.94. The van der Waals surface area contributed by atoms with Gasteiger partial charge in [-0.25, -0.2) is 13.2 Å². The third-order valence-electron chi connectivity index (χ3n) is 3.15. The van der Waals surface area contributed by atoms with Crippen LogP contribution >= 0.6 is 22.3 Å². The molecule has 0 aliphatic heterocycles. The molecule has 1 saturated carbocycles. The lowest BCUT2D eigenvalue weighted by Crippen LogP contribution is -2.25. The van der Waals surface area contributed by atoms with E-state index in [0.29, 0.717) is 5.56 Å². The van der Waals surface area contributed by atoms with Gasteiger partial charge in [0.15, 0.2) is 0 Å². The van der Waals surface area contributed by atoms with Crippen molar-refractivity contribution < 1.29 is 17.9 Å². The molecule has 0 radical (unpaired) electrons. The van der Waals surface area contributed by atoms with E-state index >= 15 is 0 Å². The van der Waals surface area contributed by atoms with Gasteiger partial charge in [-0.05, 0) is 43.9 Å². The lowest BCUT2D eigenvalue weighted by Gasteiger charge is -2.25. The zero-order chi connectivity index (χ0) is 14.2. The van der Waals surface area contributed by atoms with Crippen LogP contribution in [0.15, 0.2) is 17.0 Å². The molecule has 1 aromatic rings. The molecule has 7 heteroatoms. The highest BCUT2D eigenvalue weighted by Gasteiger charge is 2.25. The molecule has 104 valence electrons. The second-order valence-corrected chi connectivity index (χ2v) is 7.45. The largest absolute Gasteiger partial charge is 0.459 e. The maximum atomic E-state index is 12.0. The molecule has 0 spiro atoms. The van der Waals surface area contributed by atoms with Crippen LogP contribution in [-0.4, -0.2) is 20.5 Å². The Morgan fingerprint density at radius 3 is 2.47 bits per heavy atom. The molecule has 1 aliphatic carbocycles. The lowest BCUT2D eigenvalue weighted by molar-refractivity contribution is 0.00890. The number of hydrogen-bond acceptors (Lipinski definition) is 4. The van der Waals surface area contributed by atoms with Crippen molar-refractivity contribution in [3.8, 4) is 0 Å². The molecular formula is C12H12Cl2O4S. The molecular weight excluding hydrogens is 311 g/mol. The van der Waals surface area contributed by atoms with Crippen molar-refractivity contribution in [2.75, 3.05) is 0 Å². The van der Waals surface area contributed by atoms with Crippen LogP contribution in [0.3, 0.4) is 0 Å². The predicted octanol–water partition coefficient (Wildman–Crippen LogP) is 3.29. The Kier molecular flexibility index (Phi) is 4.08. The molecule has 4 nitrogen and oxygen atoms in total. The maximum Gasteiger partial charge on any atom is 0.338 e. The molecule has 2 rings (SSSR count). The van der Waals surface area contributed by atoms with E-state index in [0.717, 1.165) is 19.3 Å². The van der Waals surface area contributed by atoms with Gasteiger partial charge in [0.2, 0.25) is 0 Å². The Hall–Kier alpha value is -0.780. The van der Waals surface area contributed by atoms with E-state index in [1.54, 1.807) is 6.92 Å². The van der Waals surface area contributed by atoms with E-state index in [-0.39, 0.29) is 21.6 Å². The van der Waals surface area contributed by atoms with Crippen molar-refractivity contribution in [1.29, 1.82) is 0 Å². The van der Waals surface area contributed by atoms with Gasteiger partial charge in [-0.3, -0.25) is 0 Å². The summed E-state index contributed by atoms with van der Waals surface area (Å²) < 4.78 is 27.9. The van der Waals surface area contributed by atoms with Gasteiger partial charge in [-0.2, -0.15) is 0 Å². The Labute approximate surface area is 121 Å². The molecule has 19 heavy (non-hydrogen) atoms. The van der Waals surface area contributed by atoms with Crippen LogP contribution in [0.1, 0.15) is 35.2 Å². The van der Waals surface area contributed by atoms with Crippen LogP contribution in [0.25, 0.3) is 0 Å². The van der Waals surface area contributed by atoms with Crippen molar-refractivity contribution >= 4 is 37.3 Å². The molecule has 0 bridgehead atoms. The average Bonchev–Trinajstić information content (AvgIpc) is 2.25. The molecule has 0 atom stereocenters. The molecule has 0 N–H and O–H groups in total. The first kappa shape index (κ1) is 14.6. The standard InChI is InChI=1S/C12H12Cl2O4S/c1-7-10(12(15)18-8-3-2-4-8)5-9(6-11(7)13)19(14,16)17/h5-6,8H,2-4H2,1H3. The normalized spacial score (nSPS) is 15.9. The first-order chi connectivity index (χ1) is 8.79. The van der Waals surface area contributed by atoms with E-state index in [2.05, 4.69) is 0 Å². The van der Waals surface area contributed by atoms with E-state index < -0.39 is 15.0 Å². The Bertz CT molecular complexity index is 621. The van der Waals surface area contributed by atoms with Gasteiger partial charge < -0.3 is 4.74 Å². The van der Waals surface area contributed by atoms with E-state index in [4.69, 9.17) is 27.0 Å². The minimum absolute atomic E-state index is 0.0815. The van der Waals surface area contributed by atoms with Crippen LogP contribution in [0.4, 0.5) is 0 Å². The molecule has 0 aromatic heterocycles. The SMILES string of the molecule is Cc1c(Cl)cc(S(=O)(=O)Cl)cc1C(=O)OC1CCC1. The number of esters is 1. The fraction of sp³-hybridized carbons (Fsp3) is 0.417. The minimum Gasteiger partial charge on any atom is -0.459 e. The highest BCUT2D eigenvalue weighted by molar-refractivity contribution is 8.13. The summed E-state index contributed by atoms with van der Waals surface area (Å²) in [6.45, 7) is 1.63. The van der Waals surface area contributed by atoms with Crippen LogP contribution in [0.5, 0.6) is 0 Å². The first-order valence-electron chi connectivity index (χ1n) is 5.75. The summed E-state index contributed by atoms with van der Waals surface area (Å²) in [6.07, 6.45) is 2.63. The molecule has 0 heterocycles. The molecule has 1 aromatic carbocycles. The number of carbonyl (C=O) groups is 1. The van der Waals surface area contributed by atoms with Crippen LogP contribution in [0.2, 0.25) is 5.02 Å². The van der Waals surface area contributed by atoms with E-state index in [1.807, 2.05) is 0 Å². The highest BCUT2D eigenvalue weighted by atomic mass is 35.7. The van der Waals surface area contributed by atoms with Gasteiger partial charge in [0.25, 0.3) is 9.05 Å². The molecule has 1 fully saturated rings. The van der Waals surface area contributed by atoms with Gasteiger partial charge >= 0.3 is 5.97 Å². The summed E-state index contributed by atoms with van der Waals surface area (Å²) in [5.74, 6) is -0.564. The number of rotatable bonds is 3. The second-order valence-electron chi connectivity index (χ2n) is 4.47. The topological polar surface area (TPSA) is 60.4 Å². The third-order valence-corrected chi connectivity index (χ3v) is 4.87. The summed E-state index contributed by atoms with van der Waals surface area (Å²) in [5, 5.41) is 0.169. The van der Waals surface area contributed by atoms with Crippen LogP contribution in [-0.2, 0) is 13.8 Å². The number of benzene rings is 1. The van der Waals surface area contributed by atoms with Gasteiger partial charge in [0, 0.05) is 15.7 Å². The van der Waals surface area contributed by atoms with Crippen molar-refractivity contribution in [1.82, 2.24) is 0 Å². The number of carbonyl (C=O) groups excluding carboxylic acids is 1. The number of hydrogen-bond donors (Lipinski definition) is 0. The predicted molar refractivity (Wildman–Crippen MR) is 72.3 cm³/mol. The van der Waals surface area contributed by atoms with Crippen molar-refractivity contribution in [2.45, 2.75) is 37.2 Å². The van der Waals surface area contributed by atoms with Gasteiger partial charge in [0.05, 0.1) is 10.5 Å². The summed E-state index contributed by atoms with van der Waals surface area (Å²) in [6, 6.07) is 2.42. The smallest absolute Gasteiger partial charge is 0.338 e. The lowest BCUT2D eigenvalue weighted by atomic mass is 9.96. The van der Waals surface area contributed by atoms with Crippen LogP contribution in [0, 0.1) is 6.92 Å². The fourth-order valence-corrected chi connectivity index (χ4v) is 2.78. The van der Waals surface area contributed by atoms with E-state index in [9.17, 15) is 13.2 Å².